The van der Waals surface area contributed by atoms with Gasteiger partial charge in [0.25, 0.3) is 5.91 Å². The molecule has 0 saturated heterocycles. The van der Waals surface area contributed by atoms with E-state index in [-0.39, 0.29) is 11.5 Å². The lowest BCUT2D eigenvalue weighted by Crippen LogP contribution is -2.19. The van der Waals surface area contributed by atoms with Crippen molar-refractivity contribution in [3.8, 4) is 11.5 Å². The van der Waals surface area contributed by atoms with Crippen LogP contribution >= 0.6 is 0 Å². The first-order chi connectivity index (χ1) is 10.9. The van der Waals surface area contributed by atoms with Crippen LogP contribution < -0.4 is 11.2 Å². The Morgan fingerprint density at radius 2 is 1.65 bits per heavy atom. The molecule has 2 aromatic carbocycles. The Balaban J connectivity index is 2.13. The van der Waals surface area contributed by atoms with Crippen molar-refractivity contribution in [3.63, 3.8) is 0 Å². The van der Waals surface area contributed by atoms with Crippen molar-refractivity contribution < 1.29 is 19.8 Å². The minimum atomic E-state index is -0.579. The van der Waals surface area contributed by atoms with Crippen LogP contribution in [0.2, 0.25) is 0 Å². The van der Waals surface area contributed by atoms with Gasteiger partial charge in [0.05, 0.1) is 5.71 Å². The maximum atomic E-state index is 12.0. The highest BCUT2D eigenvalue weighted by Crippen LogP contribution is 2.22. The molecule has 118 valence electrons. The molecule has 2 amide bonds. The molecule has 7 nitrogen and oxygen atoms in total. The van der Waals surface area contributed by atoms with Crippen LogP contribution in [0, 0.1) is 0 Å². The molecular weight excluding hydrogens is 298 g/mol. The van der Waals surface area contributed by atoms with Crippen LogP contribution in [0.4, 0.5) is 0 Å². The van der Waals surface area contributed by atoms with Crippen LogP contribution in [0.3, 0.4) is 0 Å². The third kappa shape index (κ3) is 3.85. The summed E-state index contributed by atoms with van der Waals surface area (Å²) < 4.78 is 0. The molecule has 7 heteroatoms. The summed E-state index contributed by atoms with van der Waals surface area (Å²) in [6.07, 6.45) is 0. The van der Waals surface area contributed by atoms with Crippen molar-refractivity contribution in [1.82, 2.24) is 5.43 Å². The third-order valence-corrected chi connectivity index (χ3v) is 3.13. The zero-order valence-corrected chi connectivity index (χ0v) is 12.3. The van der Waals surface area contributed by atoms with Crippen molar-refractivity contribution in [2.24, 2.45) is 10.8 Å². The number of primary amides is 1. The molecule has 0 spiro atoms. The van der Waals surface area contributed by atoms with Gasteiger partial charge in [-0.05, 0) is 49.4 Å². The highest BCUT2D eigenvalue weighted by molar-refractivity contribution is 6.03. The normalized spacial score (nSPS) is 11.1. The summed E-state index contributed by atoms with van der Waals surface area (Å²) in [6, 6.07) is 9.78. The second-order valence-corrected chi connectivity index (χ2v) is 4.78. The average molecular weight is 313 g/mol. The summed E-state index contributed by atoms with van der Waals surface area (Å²) in [7, 11) is 0. The standard InChI is InChI=1S/C16H15N3O4/c1-9(13-8-12(20)6-7-14(13)21)18-19-16(23)11-4-2-10(3-5-11)15(17)22/h2-8,20-21H,1H3,(H2,17,22)(H,19,23). The molecule has 0 aliphatic heterocycles. The number of benzene rings is 2. The molecule has 0 heterocycles. The summed E-state index contributed by atoms with van der Waals surface area (Å²) >= 11 is 0. The molecule has 0 aliphatic rings. The van der Waals surface area contributed by atoms with Crippen molar-refractivity contribution in [1.29, 1.82) is 0 Å². The van der Waals surface area contributed by atoms with E-state index in [2.05, 4.69) is 10.5 Å². The van der Waals surface area contributed by atoms with Gasteiger partial charge in [-0.3, -0.25) is 9.59 Å². The second kappa shape index (κ2) is 6.61. The number of nitrogens with zero attached hydrogens (tertiary/aromatic N) is 1. The monoisotopic (exact) mass is 313 g/mol. The molecule has 0 radical (unpaired) electrons. The molecule has 0 unspecified atom stereocenters. The number of nitrogens with one attached hydrogen (secondary N) is 1. The molecule has 0 fully saturated rings. The maximum absolute atomic E-state index is 12.0. The van der Waals surface area contributed by atoms with Gasteiger partial charge >= 0.3 is 0 Å². The fourth-order valence-corrected chi connectivity index (χ4v) is 1.86. The minimum absolute atomic E-state index is 0.0271. The topological polar surface area (TPSA) is 125 Å². The number of nitrogens with two attached hydrogens (primary N) is 1. The lowest BCUT2D eigenvalue weighted by molar-refractivity contribution is 0.0952. The predicted octanol–water partition coefficient (Wildman–Crippen LogP) is 1.35. The van der Waals surface area contributed by atoms with Crippen LogP contribution in [-0.4, -0.2) is 27.7 Å². The van der Waals surface area contributed by atoms with Crippen LogP contribution in [0.5, 0.6) is 11.5 Å². The Kier molecular flexibility index (Phi) is 4.61. The van der Waals surface area contributed by atoms with E-state index in [0.717, 1.165) is 0 Å². The Labute approximate surface area is 132 Å². The number of hydrazone groups is 1. The lowest BCUT2D eigenvalue weighted by Gasteiger charge is -2.06. The second-order valence-electron chi connectivity index (χ2n) is 4.78. The van der Waals surface area contributed by atoms with E-state index in [1.54, 1.807) is 6.92 Å². The molecule has 2 rings (SSSR count). The first-order valence-corrected chi connectivity index (χ1v) is 6.65. The van der Waals surface area contributed by atoms with E-state index in [4.69, 9.17) is 5.73 Å². The van der Waals surface area contributed by atoms with Crippen molar-refractivity contribution in [3.05, 3.63) is 59.2 Å². The summed E-state index contributed by atoms with van der Waals surface area (Å²) in [6.45, 7) is 1.57. The van der Waals surface area contributed by atoms with Gasteiger partial charge in [-0.25, -0.2) is 5.43 Å². The van der Waals surface area contributed by atoms with Crippen LogP contribution in [0.25, 0.3) is 0 Å². The Morgan fingerprint density at radius 3 is 2.26 bits per heavy atom. The fraction of sp³-hybridized carbons (Fsp3) is 0.0625. The summed E-state index contributed by atoms with van der Waals surface area (Å²) in [5, 5.41) is 23.0. The smallest absolute Gasteiger partial charge is 0.271 e. The van der Waals surface area contributed by atoms with Crippen LogP contribution in [0.15, 0.2) is 47.6 Å². The Morgan fingerprint density at radius 1 is 1.04 bits per heavy atom. The number of hydrogen-bond donors (Lipinski definition) is 4. The predicted molar refractivity (Wildman–Crippen MR) is 84.4 cm³/mol. The fourth-order valence-electron chi connectivity index (χ4n) is 1.86. The zero-order chi connectivity index (χ0) is 17.0. The van der Waals surface area contributed by atoms with Gasteiger partial charge in [-0.1, -0.05) is 0 Å². The van der Waals surface area contributed by atoms with Gasteiger partial charge in [-0.15, -0.1) is 0 Å². The number of hydrogen-bond acceptors (Lipinski definition) is 5. The number of carbonyl (C=O) groups is 2. The molecule has 2 aromatic rings. The van der Waals surface area contributed by atoms with E-state index in [1.807, 2.05) is 0 Å². The minimum Gasteiger partial charge on any atom is -0.508 e. The highest BCUT2D eigenvalue weighted by atomic mass is 16.3. The third-order valence-electron chi connectivity index (χ3n) is 3.13. The first-order valence-electron chi connectivity index (χ1n) is 6.65. The van der Waals surface area contributed by atoms with Crippen molar-refractivity contribution in [2.45, 2.75) is 6.92 Å². The first kappa shape index (κ1) is 16.0. The molecule has 23 heavy (non-hydrogen) atoms. The molecule has 0 saturated carbocycles. The molecular formula is C16H15N3O4. The van der Waals surface area contributed by atoms with E-state index in [0.29, 0.717) is 22.4 Å². The SMILES string of the molecule is CC(=NNC(=O)c1ccc(C(N)=O)cc1)c1cc(O)ccc1O. The lowest BCUT2D eigenvalue weighted by atomic mass is 10.1. The number of phenolic OH excluding ortho intramolecular Hbond substituents is 2. The number of phenols is 2. The molecule has 5 N–H and O–H groups in total. The van der Waals surface area contributed by atoms with E-state index >= 15 is 0 Å². The number of amides is 2. The Hall–Kier alpha value is -3.35. The van der Waals surface area contributed by atoms with Gasteiger partial charge in [0.1, 0.15) is 11.5 Å². The Bertz CT molecular complexity index is 782. The van der Waals surface area contributed by atoms with Gasteiger partial charge < -0.3 is 15.9 Å². The quantitative estimate of drug-likeness (QED) is 0.386. The van der Waals surface area contributed by atoms with Crippen molar-refractivity contribution >= 4 is 17.5 Å². The van der Waals surface area contributed by atoms with Crippen molar-refractivity contribution in [2.75, 3.05) is 0 Å². The van der Waals surface area contributed by atoms with E-state index in [1.165, 1.54) is 42.5 Å². The molecule has 0 atom stereocenters. The van der Waals surface area contributed by atoms with Crippen LogP contribution in [-0.2, 0) is 0 Å². The van der Waals surface area contributed by atoms with Crippen LogP contribution in [0.1, 0.15) is 33.2 Å². The molecule has 0 aromatic heterocycles. The van der Waals surface area contributed by atoms with E-state index in [9.17, 15) is 19.8 Å². The largest absolute Gasteiger partial charge is 0.508 e. The van der Waals surface area contributed by atoms with Gasteiger partial charge in [0.2, 0.25) is 5.91 Å². The average Bonchev–Trinajstić information content (AvgIpc) is 2.54. The number of rotatable bonds is 4. The highest BCUT2D eigenvalue weighted by Gasteiger charge is 2.09. The maximum Gasteiger partial charge on any atom is 0.271 e. The van der Waals surface area contributed by atoms with E-state index < -0.39 is 11.8 Å². The summed E-state index contributed by atoms with van der Waals surface area (Å²) in [5.41, 5.74) is 8.67. The number of aromatic hydroxyl groups is 2. The molecule has 0 aliphatic carbocycles. The number of carbonyl (C=O) groups excluding carboxylic acids is 2. The van der Waals surface area contributed by atoms with Gasteiger partial charge in [0, 0.05) is 16.7 Å². The summed E-state index contributed by atoms with van der Waals surface area (Å²) in [5.74, 6) is -1.16. The van der Waals surface area contributed by atoms with Gasteiger partial charge in [0.15, 0.2) is 0 Å². The molecule has 0 bridgehead atoms. The zero-order valence-electron chi connectivity index (χ0n) is 12.3. The summed E-state index contributed by atoms with van der Waals surface area (Å²) in [4.78, 5) is 22.9. The van der Waals surface area contributed by atoms with Gasteiger partial charge in [-0.2, -0.15) is 5.10 Å².